The Morgan fingerprint density at radius 3 is 2.15 bits per heavy atom. The van der Waals surface area contributed by atoms with E-state index in [0.717, 1.165) is 11.1 Å². The lowest BCUT2D eigenvalue weighted by molar-refractivity contribution is -0.141. The molecule has 2 aromatic carbocycles. The van der Waals surface area contributed by atoms with Crippen LogP contribution in [0.25, 0.3) is 0 Å². The Balaban J connectivity index is 1.38. The van der Waals surface area contributed by atoms with Crippen LogP contribution in [0, 0.1) is 5.92 Å². The third kappa shape index (κ3) is 2.84. The van der Waals surface area contributed by atoms with E-state index in [4.69, 9.17) is 23.7 Å². The predicted molar refractivity (Wildman–Crippen MR) is 91.9 cm³/mol. The van der Waals surface area contributed by atoms with Crippen molar-refractivity contribution >= 4 is 5.97 Å². The normalized spacial score (nSPS) is 24.9. The van der Waals surface area contributed by atoms with Crippen LogP contribution in [0.15, 0.2) is 36.4 Å². The van der Waals surface area contributed by atoms with E-state index in [2.05, 4.69) is 0 Å². The van der Waals surface area contributed by atoms with Gasteiger partial charge in [-0.15, -0.1) is 0 Å². The summed E-state index contributed by atoms with van der Waals surface area (Å²) in [5.74, 6) is 1.61. The molecule has 1 fully saturated rings. The zero-order chi connectivity index (χ0) is 18.4. The standard InChI is InChI=1S/C20H18O7/c21-19-14(5-12-1-3-15-17(6-12)26-10-24-15)20(22,9-23-19)8-13-2-4-16-18(7-13)27-11-25-16/h1-4,6-7,14,22H,5,8-11H2/t14-,20+/m1/s1. The lowest BCUT2D eigenvalue weighted by Crippen LogP contribution is -2.41. The van der Waals surface area contributed by atoms with Crippen LogP contribution in [-0.2, 0) is 22.4 Å². The highest BCUT2D eigenvalue weighted by molar-refractivity contribution is 5.77. The number of fused-ring (bicyclic) bond motifs is 2. The van der Waals surface area contributed by atoms with E-state index in [1.807, 2.05) is 36.4 Å². The molecule has 0 unspecified atom stereocenters. The monoisotopic (exact) mass is 370 g/mol. The van der Waals surface area contributed by atoms with Crippen molar-refractivity contribution in [2.75, 3.05) is 20.2 Å². The van der Waals surface area contributed by atoms with E-state index in [0.29, 0.717) is 29.4 Å². The van der Waals surface area contributed by atoms with Crippen molar-refractivity contribution in [1.82, 2.24) is 0 Å². The van der Waals surface area contributed by atoms with Gasteiger partial charge >= 0.3 is 5.97 Å². The van der Waals surface area contributed by atoms with Crippen LogP contribution in [0.2, 0.25) is 0 Å². The van der Waals surface area contributed by atoms with E-state index >= 15 is 0 Å². The van der Waals surface area contributed by atoms with Gasteiger partial charge in [-0.1, -0.05) is 12.1 Å². The molecule has 1 N–H and O–H groups in total. The highest BCUT2D eigenvalue weighted by atomic mass is 16.7. The molecule has 0 radical (unpaired) electrons. The highest BCUT2D eigenvalue weighted by Crippen LogP contribution is 2.38. The van der Waals surface area contributed by atoms with Crippen molar-refractivity contribution in [3.8, 4) is 23.0 Å². The third-order valence-corrected chi connectivity index (χ3v) is 5.22. The highest BCUT2D eigenvalue weighted by Gasteiger charge is 2.49. The molecule has 0 bridgehead atoms. The van der Waals surface area contributed by atoms with Gasteiger partial charge in [0.2, 0.25) is 13.6 Å². The van der Waals surface area contributed by atoms with Crippen molar-refractivity contribution < 1.29 is 33.6 Å². The van der Waals surface area contributed by atoms with Gasteiger partial charge in [0, 0.05) is 6.42 Å². The molecule has 3 aliphatic heterocycles. The minimum absolute atomic E-state index is 0.0322. The van der Waals surface area contributed by atoms with Gasteiger partial charge < -0.3 is 28.8 Å². The van der Waals surface area contributed by atoms with Crippen LogP contribution in [0.4, 0.5) is 0 Å². The molecule has 27 heavy (non-hydrogen) atoms. The molecule has 1 saturated heterocycles. The molecule has 7 nitrogen and oxygen atoms in total. The number of hydrogen-bond acceptors (Lipinski definition) is 7. The minimum atomic E-state index is -1.29. The number of hydrogen-bond donors (Lipinski definition) is 1. The lowest BCUT2D eigenvalue weighted by Gasteiger charge is -2.26. The van der Waals surface area contributed by atoms with E-state index in [1.54, 1.807) is 0 Å². The van der Waals surface area contributed by atoms with Crippen molar-refractivity contribution in [3.05, 3.63) is 47.5 Å². The Morgan fingerprint density at radius 2 is 1.44 bits per heavy atom. The molecule has 0 aromatic heterocycles. The summed E-state index contributed by atoms with van der Waals surface area (Å²) in [5, 5.41) is 11.2. The van der Waals surface area contributed by atoms with Gasteiger partial charge in [0.15, 0.2) is 23.0 Å². The Bertz CT molecular complexity index is 909. The summed E-state index contributed by atoms with van der Waals surface area (Å²) in [6.45, 7) is 0.352. The summed E-state index contributed by atoms with van der Waals surface area (Å²) >= 11 is 0. The molecule has 2 atom stereocenters. The fourth-order valence-electron chi connectivity index (χ4n) is 3.77. The molecule has 7 heteroatoms. The second-order valence-electron chi connectivity index (χ2n) is 7.02. The summed E-state index contributed by atoms with van der Waals surface area (Å²) in [6, 6.07) is 11.0. The number of carbonyl (C=O) groups is 1. The van der Waals surface area contributed by atoms with E-state index in [9.17, 15) is 9.90 Å². The summed E-state index contributed by atoms with van der Waals surface area (Å²) in [5.41, 5.74) is 0.448. The number of rotatable bonds is 4. The van der Waals surface area contributed by atoms with Gasteiger partial charge in [-0.2, -0.15) is 0 Å². The summed E-state index contributed by atoms with van der Waals surface area (Å²) < 4.78 is 26.6. The quantitative estimate of drug-likeness (QED) is 0.822. The first kappa shape index (κ1) is 16.3. The van der Waals surface area contributed by atoms with Crippen LogP contribution in [0.3, 0.4) is 0 Å². The molecule has 0 saturated carbocycles. The van der Waals surface area contributed by atoms with Crippen LogP contribution in [0.5, 0.6) is 23.0 Å². The maximum atomic E-state index is 12.3. The van der Waals surface area contributed by atoms with Gasteiger partial charge in [-0.3, -0.25) is 4.79 Å². The first-order chi connectivity index (χ1) is 13.1. The Kier molecular flexibility index (Phi) is 3.65. The van der Waals surface area contributed by atoms with Crippen LogP contribution < -0.4 is 18.9 Å². The summed E-state index contributed by atoms with van der Waals surface area (Å²) in [6.07, 6.45) is 0.640. The number of esters is 1. The minimum Gasteiger partial charge on any atom is -0.462 e. The maximum absolute atomic E-state index is 12.3. The summed E-state index contributed by atoms with van der Waals surface area (Å²) in [7, 11) is 0. The molecular formula is C20H18O7. The van der Waals surface area contributed by atoms with E-state index in [1.165, 1.54) is 0 Å². The molecule has 5 rings (SSSR count). The predicted octanol–water partition coefficient (Wildman–Crippen LogP) is 1.83. The Labute approximate surface area is 155 Å². The largest absolute Gasteiger partial charge is 0.462 e. The fraction of sp³-hybridized carbons (Fsp3) is 0.350. The van der Waals surface area contributed by atoms with E-state index in [-0.39, 0.29) is 26.6 Å². The molecule has 3 heterocycles. The second-order valence-corrected chi connectivity index (χ2v) is 7.02. The van der Waals surface area contributed by atoms with Crippen LogP contribution >= 0.6 is 0 Å². The molecule has 0 amide bonds. The van der Waals surface area contributed by atoms with E-state index < -0.39 is 17.5 Å². The van der Waals surface area contributed by atoms with Crippen molar-refractivity contribution in [2.24, 2.45) is 5.92 Å². The van der Waals surface area contributed by atoms with Gasteiger partial charge in [0.1, 0.15) is 12.2 Å². The SMILES string of the molecule is O=C1OC[C@@](O)(Cc2ccc3c(c2)OCO3)[C@@H]1Cc1ccc2c(c1)OCO2. The number of cyclic esters (lactones) is 1. The smallest absolute Gasteiger partial charge is 0.312 e. The van der Waals surface area contributed by atoms with Crippen LogP contribution in [0.1, 0.15) is 11.1 Å². The average Bonchev–Trinajstić information content (AvgIpc) is 3.37. The maximum Gasteiger partial charge on any atom is 0.312 e. The molecular weight excluding hydrogens is 352 g/mol. The molecule has 3 aliphatic rings. The van der Waals surface area contributed by atoms with Crippen molar-refractivity contribution in [2.45, 2.75) is 18.4 Å². The van der Waals surface area contributed by atoms with Crippen molar-refractivity contribution in [1.29, 1.82) is 0 Å². The molecule has 140 valence electrons. The van der Waals surface area contributed by atoms with Crippen molar-refractivity contribution in [3.63, 3.8) is 0 Å². The van der Waals surface area contributed by atoms with Crippen LogP contribution in [-0.4, -0.2) is 36.9 Å². The van der Waals surface area contributed by atoms with Gasteiger partial charge in [-0.25, -0.2) is 0 Å². The lowest BCUT2D eigenvalue weighted by atomic mass is 9.81. The zero-order valence-corrected chi connectivity index (χ0v) is 14.5. The zero-order valence-electron chi connectivity index (χ0n) is 14.5. The third-order valence-electron chi connectivity index (χ3n) is 5.22. The molecule has 2 aromatic rings. The Morgan fingerprint density at radius 1 is 0.852 bits per heavy atom. The van der Waals surface area contributed by atoms with Gasteiger partial charge in [0.05, 0.1) is 5.92 Å². The van der Waals surface area contributed by atoms with Gasteiger partial charge in [-0.05, 0) is 41.8 Å². The fourth-order valence-corrected chi connectivity index (χ4v) is 3.77. The number of carbonyl (C=O) groups excluding carboxylic acids is 1. The second kappa shape index (κ2) is 6.06. The van der Waals surface area contributed by atoms with Gasteiger partial charge in [0.25, 0.3) is 0 Å². The Hall–Kier alpha value is -2.93. The molecule has 0 aliphatic carbocycles. The first-order valence-electron chi connectivity index (χ1n) is 8.77. The number of ether oxygens (including phenoxy) is 5. The average molecular weight is 370 g/mol. The molecule has 0 spiro atoms. The number of benzene rings is 2. The topological polar surface area (TPSA) is 83.5 Å². The number of aliphatic hydroxyl groups is 1. The summed E-state index contributed by atoms with van der Waals surface area (Å²) in [4.78, 5) is 12.3. The first-order valence-corrected chi connectivity index (χ1v) is 8.77.